The van der Waals surface area contributed by atoms with Gasteiger partial charge in [-0.15, -0.1) is 5.10 Å². The van der Waals surface area contributed by atoms with Crippen molar-refractivity contribution >= 4 is 11.6 Å². The second kappa shape index (κ2) is 9.90. The molecule has 2 aromatic carbocycles. The average Bonchev–Trinajstić information content (AvgIpc) is 3.43. The van der Waals surface area contributed by atoms with Crippen molar-refractivity contribution in [3.8, 4) is 0 Å². The first-order valence-corrected chi connectivity index (χ1v) is 10.8. The number of nitrogens with zero attached hydrogens (tertiary/aromatic N) is 5. The van der Waals surface area contributed by atoms with Gasteiger partial charge in [-0.05, 0) is 45.7 Å². The van der Waals surface area contributed by atoms with E-state index in [1.807, 2.05) is 53.2 Å². The van der Waals surface area contributed by atoms with Crippen molar-refractivity contribution in [3.63, 3.8) is 0 Å². The number of aromatic nitrogens is 4. The maximum absolute atomic E-state index is 6.50. The van der Waals surface area contributed by atoms with Gasteiger partial charge in [0, 0.05) is 11.6 Å². The lowest BCUT2D eigenvalue weighted by molar-refractivity contribution is 0.117. The fourth-order valence-electron chi connectivity index (χ4n) is 3.88. The highest BCUT2D eigenvalue weighted by Gasteiger charge is 2.30. The molecular weight excluding hydrogens is 410 g/mol. The van der Waals surface area contributed by atoms with Crippen molar-refractivity contribution in [1.82, 2.24) is 25.1 Å². The second-order valence-corrected chi connectivity index (χ2v) is 8.35. The normalized spacial score (nSPS) is 12.5. The Morgan fingerprint density at radius 1 is 0.968 bits per heavy atom. The summed E-state index contributed by atoms with van der Waals surface area (Å²) >= 11 is 6.50. The fourth-order valence-corrected chi connectivity index (χ4v) is 4.07. The number of furan rings is 1. The molecule has 0 N–H and O–H groups in total. The Balaban J connectivity index is 1.69. The maximum atomic E-state index is 6.50. The summed E-state index contributed by atoms with van der Waals surface area (Å²) in [6.45, 7) is 6.27. The number of halogens is 1. The molecule has 0 bridgehead atoms. The van der Waals surface area contributed by atoms with Gasteiger partial charge in [-0.3, -0.25) is 4.90 Å². The van der Waals surface area contributed by atoms with Crippen LogP contribution in [-0.4, -0.2) is 25.1 Å². The van der Waals surface area contributed by atoms with Gasteiger partial charge in [0.05, 0.1) is 25.4 Å². The third-order valence-corrected chi connectivity index (χ3v) is 5.66. The smallest absolute Gasteiger partial charge is 0.169 e. The molecule has 0 fully saturated rings. The van der Waals surface area contributed by atoms with Crippen LogP contribution in [0.3, 0.4) is 0 Å². The molecule has 2 heterocycles. The van der Waals surface area contributed by atoms with Crippen LogP contribution in [0.1, 0.15) is 42.6 Å². The molecule has 0 spiro atoms. The SMILES string of the molecule is CC(C)[C@@H](c1nnnn1Cc1ccccc1)N(Cc1ccco1)Cc1ccccc1Cl. The second-order valence-electron chi connectivity index (χ2n) is 7.94. The third kappa shape index (κ3) is 5.21. The van der Waals surface area contributed by atoms with Crippen LogP contribution >= 0.6 is 11.6 Å². The number of hydrogen-bond acceptors (Lipinski definition) is 5. The Bertz CT molecular complexity index is 1080. The Hall–Kier alpha value is -2.96. The van der Waals surface area contributed by atoms with E-state index in [1.165, 1.54) is 0 Å². The summed E-state index contributed by atoms with van der Waals surface area (Å²) in [4.78, 5) is 2.33. The standard InChI is InChI=1S/C24H26ClN5O/c1-18(2)23(24-26-27-28-30(24)15-19-9-4-3-5-10-19)29(17-21-12-8-14-31-21)16-20-11-6-7-13-22(20)25/h3-14,18,23H,15-17H2,1-2H3/t23-/m0/s1. The number of rotatable bonds is 9. The van der Waals surface area contributed by atoms with Crippen molar-refractivity contribution in [2.24, 2.45) is 5.92 Å². The van der Waals surface area contributed by atoms with Gasteiger partial charge in [0.15, 0.2) is 5.82 Å². The van der Waals surface area contributed by atoms with Crippen molar-refractivity contribution in [1.29, 1.82) is 0 Å². The molecule has 7 heteroatoms. The molecule has 2 aromatic heterocycles. The van der Waals surface area contributed by atoms with E-state index in [4.69, 9.17) is 16.0 Å². The van der Waals surface area contributed by atoms with E-state index in [1.54, 1.807) is 6.26 Å². The van der Waals surface area contributed by atoms with Gasteiger partial charge in [0.25, 0.3) is 0 Å². The molecule has 0 radical (unpaired) electrons. The molecule has 0 aliphatic heterocycles. The fraction of sp³-hybridized carbons (Fsp3) is 0.292. The summed E-state index contributed by atoms with van der Waals surface area (Å²) in [5.74, 6) is 1.98. The van der Waals surface area contributed by atoms with Gasteiger partial charge in [0.2, 0.25) is 0 Å². The van der Waals surface area contributed by atoms with Gasteiger partial charge in [0.1, 0.15) is 5.76 Å². The summed E-state index contributed by atoms with van der Waals surface area (Å²) in [5, 5.41) is 13.5. The van der Waals surface area contributed by atoms with Crippen molar-refractivity contribution in [2.75, 3.05) is 0 Å². The van der Waals surface area contributed by atoms with Crippen LogP contribution < -0.4 is 0 Å². The first kappa shape index (κ1) is 21.3. The Labute approximate surface area is 187 Å². The summed E-state index contributed by atoms with van der Waals surface area (Å²) < 4.78 is 7.56. The highest BCUT2D eigenvalue weighted by Crippen LogP contribution is 2.31. The molecule has 0 aliphatic carbocycles. The molecule has 31 heavy (non-hydrogen) atoms. The molecule has 0 amide bonds. The molecular formula is C24H26ClN5O. The Morgan fingerprint density at radius 2 is 1.74 bits per heavy atom. The lowest BCUT2D eigenvalue weighted by Gasteiger charge is -2.33. The van der Waals surface area contributed by atoms with Gasteiger partial charge in [-0.2, -0.15) is 0 Å². The van der Waals surface area contributed by atoms with Crippen molar-refractivity contribution < 1.29 is 4.42 Å². The highest BCUT2D eigenvalue weighted by atomic mass is 35.5. The van der Waals surface area contributed by atoms with E-state index in [0.29, 0.717) is 19.6 Å². The molecule has 0 aliphatic rings. The molecule has 4 aromatic rings. The van der Waals surface area contributed by atoms with Crippen LogP contribution in [0.5, 0.6) is 0 Å². The molecule has 0 saturated heterocycles. The monoisotopic (exact) mass is 435 g/mol. The zero-order chi connectivity index (χ0) is 21.6. The topological polar surface area (TPSA) is 60.0 Å². The minimum atomic E-state index is -0.0277. The molecule has 0 unspecified atom stereocenters. The zero-order valence-electron chi connectivity index (χ0n) is 17.7. The zero-order valence-corrected chi connectivity index (χ0v) is 18.5. The lowest BCUT2D eigenvalue weighted by Crippen LogP contribution is -2.33. The minimum absolute atomic E-state index is 0.0277. The summed E-state index contributed by atoms with van der Waals surface area (Å²) in [7, 11) is 0. The molecule has 0 saturated carbocycles. The predicted molar refractivity (Wildman–Crippen MR) is 120 cm³/mol. The first-order valence-electron chi connectivity index (χ1n) is 10.4. The molecule has 1 atom stereocenters. The lowest BCUT2D eigenvalue weighted by atomic mass is 10.00. The van der Waals surface area contributed by atoms with Gasteiger partial charge in [-0.1, -0.05) is 74.0 Å². The van der Waals surface area contributed by atoms with Gasteiger partial charge in [-0.25, -0.2) is 4.68 Å². The van der Waals surface area contributed by atoms with Crippen LogP contribution in [0.4, 0.5) is 0 Å². The average molecular weight is 436 g/mol. The Morgan fingerprint density at radius 3 is 2.45 bits per heavy atom. The van der Waals surface area contributed by atoms with E-state index < -0.39 is 0 Å². The quantitative estimate of drug-likeness (QED) is 0.354. The van der Waals surface area contributed by atoms with Gasteiger partial charge < -0.3 is 4.42 Å². The number of benzene rings is 2. The van der Waals surface area contributed by atoms with Crippen LogP contribution in [0.25, 0.3) is 0 Å². The van der Waals surface area contributed by atoms with Crippen LogP contribution in [0.15, 0.2) is 77.4 Å². The summed E-state index contributed by atoms with van der Waals surface area (Å²) in [6.07, 6.45) is 1.70. The first-order chi connectivity index (χ1) is 15.1. The van der Waals surface area contributed by atoms with Crippen LogP contribution in [-0.2, 0) is 19.6 Å². The largest absolute Gasteiger partial charge is 0.468 e. The van der Waals surface area contributed by atoms with Gasteiger partial charge >= 0.3 is 0 Å². The van der Waals surface area contributed by atoms with E-state index in [2.05, 4.69) is 52.5 Å². The maximum Gasteiger partial charge on any atom is 0.169 e. The number of hydrogen-bond donors (Lipinski definition) is 0. The molecule has 4 rings (SSSR count). The number of tetrazole rings is 1. The van der Waals surface area contributed by atoms with E-state index >= 15 is 0 Å². The van der Waals surface area contributed by atoms with E-state index in [-0.39, 0.29) is 12.0 Å². The Kier molecular flexibility index (Phi) is 6.79. The minimum Gasteiger partial charge on any atom is -0.468 e. The van der Waals surface area contributed by atoms with Crippen LogP contribution in [0.2, 0.25) is 5.02 Å². The van der Waals surface area contributed by atoms with Crippen LogP contribution in [0, 0.1) is 5.92 Å². The van der Waals surface area contributed by atoms with E-state index in [0.717, 1.165) is 27.7 Å². The third-order valence-electron chi connectivity index (χ3n) is 5.29. The molecule has 160 valence electrons. The predicted octanol–water partition coefficient (Wildman–Crippen LogP) is 5.37. The highest BCUT2D eigenvalue weighted by molar-refractivity contribution is 6.31. The summed E-state index contributed by atoms with van der Waals surface area (Å²) in [5.41, 5.74) is 2.21. The van der Waals surface area contributed by atoms with Crippen molar-refractivity contribution in [2.45, 2.75) is 39.5 Å². The van der Waals surface area contributed by atoms with Crippen molar-refractivity contribution in [3.05, 3.63) is 101 Å². The molecule has 6 nitrogen and oxygen atoms in total. The van der Waals surface area contributed by atoms with E-state index in [9.17, 15) is 0 Å². The summed E-state index contributed by atoms with van der Waals surface area (Å²) in [6, 6.07) is 22.0.